The highest BCUT2D eigenvalue weighted by Gasteiger charge is 2.24. The Kier molecular flexibility index (Phi) is 6.42. The van der Waals surface area contributed by atoms with Crippen LogP contribution in [-0.2, 0) is 4.79 Å². The molecule has 4 heteroatoms. The van der Waals surface area contributed by atoms with Crippen LogP contribution < -0.4 is 11.1 Å². The molecule has 1 saturated heterocycles. The molecule has 0 aromatic heterocycles. The lowest BCUT2D eigenvalue weighted by Crippen LogP contribution is -2.52. The minimum absolute atomic E-state index is 0.0426. The molecule has 4 nitrogen and oxygen atoms in total. The molecule has 0 spiro atoms. The minimum Gasteiger partial charge on any atom is -0.368 e. The van der Waals surface area contributed by atoms with Gasteiger partial charge >= 0.3 is 0 Å². The average molecular weight is 227 g/mol. The first-order chi connectivity index (χ1) is 7.75. The third kappa shape index (κ3) is 4.49. The molecular formula is C12H25N3O. The highest BCUT2D eigenvalue weighted by Crippen LogP contribution is 2.11. The van der Waals surface area contributed by atoms with Crippen molar-refractivity contribution in [3.05, 3.63) is 0 Å². The van der Waals surface area contributed by atoms with E-state index in [4.69, 9.17) is 5.73 Å². The largest absolute Gasteiger partial charge is 0.368 e. The SMILES string of the molecule is CCCCCCC(C(N)=O)N1CCNCC1. The number of nitrogens with one attached hydrogen (secondary N) is 1. The van der Waals surface area contributed by atoms with Gasteiger partial charge in [0.05, 0.1) is 6.04 Å². The molecule has 0 aromatic carbocycles. The number of carbonyl (C=O) groups is 1. The molecule has 1 aliphatic rings. The molecule has 0 bridgehead atoms. The van der Waals surface area contributed by atoms with Gasteiger partial charge in [-0.2, -0.15) is 0 Å². The van der Waals surface area contributed by atoms with Crippen molar-refractivity contribution >= 4 is 5.91 Å². The Labute approximate surface area is 98.6 Å². The summed E-state index contributed by atoms with van der Waals surface area (Å²) in [4.78, 5) is 13.6. The fraction of sp³-hybridized carbons (Fsp3) is 0.917. The lowest BCUT2D eigenvalue weighted by Gasteiger charge is -2.33. The average Bonchev–Trinajstić information content (AvgIpc) is 2.30. The second-order valence-corrected chi connectivity index (χ2v) is 4.55. The van der Waals surface area contributed by atoms with Crippen LogP contribution in [0.2, 0.25) is 0 Å². The maximum Gasteiger partial charge on any atom is 0.234 e. The number of hydrogen-bond donors (Lipinski definition) is 2. The second-order valence-electron chi connectivity index (χ2n) is 4.55. The van der Waals surface area contributed by atoms with Crippen LogP contribution in [-0.4, -0.2) is 43.0 Å². The van der Waals surface area contributed by atoms with E-state index >= 15 is 0 Å². The van der Waals surface area contributed by atoms with Gasteiger partial charge in [-0.05, 0) is 6.42 Å². The fourth-order valence-electron chi connectivity index (χ4n) is 2.26. The number of amides is 1. The Hall–Kier alpha value is -0.610. The highest BCUT2D eigenvalue weighted by molar-refractivity contribution is 5.79. The number of rotatable bonds is 7. The van der Waals surface area contributed by atoms with Gasteiger partial charge in [0.1, 0.15) is 0 Å². The zero-order chi connectivity index (χ0) is 11.8. The predicted octanol–water partition coefficient (Wildman–Crippen LogP) is 0.716. The number of unbranched alkanes of at least 4 members (excludes halogenated alkanes) is 3. The van der Waals surface area contributed by atoms with Crippen molar-refractivity contribution in [3.63, 3.8) is 0 Å². The van der Waals surface area contributed by atoms with Crippen LogP contribution in [0.3, 0.4) is 0 Å². The standard InChI is InChI=1S/C12H25N3O/c1-2-3-4-5-6-11(12(13)16)15-9-7-14-8-10-15/h11,14H,2-10H2,1H3,(H2,13,16). The first-order valence-corrected chi connectivity index (χ1v) is 6.49. The molecule has 0 aromatic rings. The van der Waals surface area contributed by atoms with E-state index in [0.717, 1.165) is 39.0 Å². The third-order valence-electron chi connectivity index (χ3n) is 3.25. The highest BCUT2D eigenvalue weighted by atomic mass is 16.1. The summed E-state index contributed by atoms with van der Waals surface area (Å²) in [6, 6.07) is -0.0426. The number of piperazine rings is 1. The van der Waals surface area contributed by atoms with E-state index in [1.54, 1.807) is 0 Å². The zero-order valence-corrected chi connectivity index (χ0v) is 10.4. The molecule has 0 aliphatic carbocycles. The fourth-order valence-corrected chi connectivity index (χ4v) is 2.26. The second kappa shape index (κ2) is 7.63. The Morgan fingerprint density at radius 2 is 2.00 bits per heavy atom. The van der Waals surface area contributed by atoms with Crippen LogP contribution in [0.1, 0.15) is 39.0 Å². The maximum absolute atomic E-state index is 11.4. The summed E-state index contributed by atoms with van der Waals surface area (Å²) in [5, 5.41) is 3.29. The molecule has 1 fully saturated rings. The van der Waals surface area contributed by atoms with Gasteiger partial charge in [0, 0.05) is 26.2 Å². The van der Waals surface area contributed by atoms with Crippen molar-refractivity contribution in [2.45, 2.75) is 45.1 Å². The van der Waals surface area contributed by atoms with Gasteiger partial charge < -0.3 is 11.1 Å². The van der Waals surface area contributed by atoms with Crippen LogP contribution in [0.4, 0.5) is 0 Å². The number of primary amides is 1. The third-order valence-corrected chi connectivity index (χ3v) is 3.25. The van der Waals surface area contributed by atoms with Crippen molar-refractivity contribution in [2.75, 3.05) is 26.2 Å². The van der Waals surface area contributed by atoms with E-state index in [1.165, 1.54) is 19.3 Å². The quantitative estimate of drug-likeness (QED) is 0.630. The minimum atomic E-state index is -0.154. The molecule has 1 heterocycles. The lowest BCUT2D eigenvalue weighted by molar-refractivity contribution is -0.123. The van der Waals surface area contributed by atoms with Crippen LogP contribution in [0.15, 0.2) is 0 Å². The molecule has 0 radical (unpaired) electrons. The summed E-state index contributed by atoms with van der Waals surface area (Å²) in [5.74, 6) is -0.154. The van der Waals surface area contributed by atoms with Crippen molar-refractivity contribution in [1.82, 2.24) is 10.2 Å². The summed E-state index contributed by atoms with van der Waals surface area (Å²) < 4.78 is 0. The Bertz CT molecular complexity index is 202. The van der Waals surface area contributed by atoms with Gasteiger partial charge in [0.2, 0.25) is 5.91 Å². The van der Waals surface area contributed by atoms with Gasteiger partial charge in [-0.3, -0.25) is 9.69 Å². The number of carbonyl (C=O) groups excluding carboxylic acids is 1. The molecule has 1 rings (SSSR count). The summed E-state index contributed by atoms with van der Waals surface area (Å²) in [7, 11) is 0. The van der Waals surface area contributed by atoms with E-state index in [9.17, 15) is 4.79 Å². The smallest absolute Gasteiger partial charge is 0.234 e. The van der Waals surface area contributed by atoms with Crippen LogP contribution in [0, 0.1) is 0 Å². The van der Waals surface area contributed by atoms with E-state index in [0.29, 0.717) is 0 Å². The Morgan fingerprint density at radius 1 is 1.31 bits per heavy atom. The molecule has 3 N–H and O–H groups in total. The topological polar surface area (TPSA) is 58.4 Å². The molecule has 0 saturated carbocycles. The molecule has 1 amide bonds. The monoisotopic (exact) mass is 227 g/mol. The normalized spacial score (nSPS) is 19.6. The molecule has 1 atom stereocenters. The van der Waals surface area contributed by atoms with Crippen molar-refractivity contribution in [1.29, 1.82) is 0 Å². The molecule has 94 valence electrons. The first-order valence-electron chi connectivity index (χ1n) is 6.49. The van der Waals surface area contributed by atoms with Crippen molar-refractivity contribution in [3.8, 4) is 0 Å². The van der Waals surface area contributed by atoms with Gasteiger partial charge in [0.15, 0.2) is 0 Å². The molecule has 1 aliphatic heterocycles. The Morgan fingerprint density at radius 3 is 2.56 bits per heavy atom. The van der Waals surface area contributed by atoms with Crippen LogP contribution in [0.25, 0.3) is 0 Å². The molecular weight excluding hydrogens is 202 g/mol. The van der Waals surface area contributed by atoms with E-state index in [2.05, 4.69) is 17.1 Å². The molecule has 16 heavy (non-hydrogen) atoms. The summed E-state index contributed by atoms with van der Waals surface area (Å²) in [6.45, 7) is 6.03. The van der Waals surface area contributed by atoms with E-state index in [1.807, 2.05) is 0 Å². The van der Waals surface area contributed by atoms with Gasteiger partial charge in [-0.15, -0.1) is 0 Å². The van der Waals surface area contributed by atoms with Gasteiger partial charge in [-0.25, -0.2) is 0 Å². The van der Waals surface area contributed by atoms with E-state index in [-0.39, 0.29) is 11.9 Å². The maximum atomic E-state index is 11.4. The van der Waals surface area contributed by atoms with Crippen molar-refractivity contribution in [2.24, 2.45) is 5.73 Å². The molecule has 1 unspecified atom stereocenters. The number of nitrogens with two attached hydrogens (primary N) is 1. The van der Waals surface area contributed by atoms with Gasteiger partial charge in [0.25, 0.3) is 0 Å². The zero-order valence-electron chi connectivity index (χ0n) is 10.4. The lowest BCUT2D eigenvalue weighted by atomic mass is 10.0. The van der Waals surface area contributed by atoms with Gasteiger partial charge in [-0.1, -0.05) is 32.6 Å². The number of nitrogens with zero attached hydrogens (tertiary/aromatic N) is 1. The first kappa shape index (κ1) is 13.5. The summed E-state index contributed by atoms with van der Waals surface area (Å²) in [6.07, 6.45) is 5.75. The van der Waals surface area contributed by atoms with E-state index < -0.39 is 0 Å². The summed E-state index contributed by atoms with van der Waals surface area (Å²) in [5.41, 5.74) is 5.48. The Balaban J connectivity index is 2.31. The summed E-state index contributed by atoms with van der Waals surface area (Å²) >= 11 is 0. The van der Waals surface area contributed by atoms with Crippen LogP contribution in [0.5, 0.6) is 0 Å². The predicted molar refractivity (Wildman–Crippen MR) is 66.2 cm³/mol. The number of hydrogen-bond acceptors (Lipinski definition) is 3. The van der Waals surface area contributed by atoms with Crippen molar-refractivity contribution < 1.29 is 4.79 Å². The van der Waals surface area contributed by atoms with Crippen LogP contribution >= 0.6 is 0 Å².